The zero-order valence-corrected chi connectivity index (χ0v) is 11.0. The average molecular weight is 279 g/mol. The zero-order chi connectivity index (χ0) is 11.8. The molecule has 16 heavy (non-hydrogen) atoms. The Kier molecular flexibility index (Phi) is 3.48. The molecule has 0 saturated carbocycles. The maximum absolute atomic E-state index is 10.9. The van der Waals surface area contributed by atoms with Gasteiger partial charge in [-0.05, 0) is 54.5 Å². The molecular weight excluding hydrogens is 267 g/mol. The first-order chi connectivity index (χ1) is 7.46. The molecule has 0 aromatic heterocycles. The zero-order valence-electron chi connectivity index (χ0n) is 8.67. The highest BCUT2D eigenvalue weighted by molar-refractivity contribution is 8.13. The molecule has 0 spiro atoms. The molecule has 0 bridgehead atoms. The van der Waals surface area contributed by atoms with Gasteiger partial charge in [-0.1, -0.05) is 11.6 Å². The summed E-state index contributed by atoms with van der Waals surface area (Å²) in [5.74, 6) is -0.0265. The monoisotopic (exact) mass is 278 g/mol. The van der Waals surface area contributed by atoms with Crippen molar-refractivity contribution in [3.8, 4) is 0 Å². The molecule has 0 heterocycles. The topological polar surface area (TPSA) is 34.1 Å². The van der Waals surface area contributed by atoms with Gasteiger partial charge in [0.25, 0.3) is 0 Å². The van der Waals surface area contributed by atoms with Gasteiger partial charge in [0.05, 0.1) is 5.75 Å². The van der Waals surface area contributed by atoms with Gasteiger partial charge in [-0.3, -0.25) is 0 Å². The fourth-order valence-electron chi connectivity index (χ4n) is 2.21. The highest BCUT2D eigenvalue weighted by Crippen LogP contribution is 2.29. The molecule has 2 rings (SSSR count). The predicted octanol–water partition coefficient (Wildman–Crippen LogP) is 2.94. The van der Waals surface area contributed by atoms with Crippen molar-refractivity contribution in [1.29, 1.82) is 0 Å². The van der Waals surface area contributed by atoms with Crippen LogP contribution in [0.3, 0.4) is 0 Å². The quantitative estimate of drug-likeness (QED) is 0.797. The lowest BCUT2D eigenvalue weighted by Gasteiger charge is -2.08. The van der Waals surface area contributed by atoms with Gasteiger partial charge in [0.2, 0.25) is 9.05 Å². The number of fused-ring (bicyclic) bond motifs is 1. The summed E-state index contributed by atoms with van der Waals surface area (Å²) in [5.41, 5.74) is 3.56. The van der Waals surface area contributed by atoms with Gasteiger partial charge >= 0.3 is 0 Å². The van der Waals surface area contributed by atoms with Crippen molar-refractivity contribution in [2.75, 3.05) is 5.75 Å². The Labute approximate surface area is 105 Å². The van der Waals surface area contributed by atoms with Crippen molar-refractivity contribution in [3.63, 3.8) is 0 Å². The third-order valence-electron chi connectivity index (χ3n) is 2.89. The fourth-order valence-corrected chi connectivity index (χ4v) is 3.17. The van der Waals surface area contributed by atoms with E-state index >= 15 is 0 Å². The summed E-state index contributed by atoms with van der Waals surface area (Å²) in [7, 11) is 1.79. The first-order valence-corrected chi connectivity index (χ1v) is 8.04. The summed E-state index contributed by atoms with van der Waals surface area (Å²) in [4.78, 5) is 0. The van der Waals surface area contributed by atoms with Crippen LogP contribution in [0.5, 0.6) is 0 Å². The van der Waals surface area contributed by atoms with E-state index in [9.17, 15) is 8.42 Å². The summed E-state index contributed by atoms with van der Waals surface area (Å²) in [5, 5.41) is 0.683. The van der Waals surface area contributed by atoms with Gasteiger partial charge < -0.3 is 0 Å². The lowest BCUT2D eigenvalue weighted by atomic mass is 10.0. The van der Waals surface area contributed by atoms with E-state index in [1.54, 1.807) is 0 Å². The average Bonchev–Trinajstić information content (AvgIpc) is 2.60. The minimum atomic E-state index is -3.42. The van der Waals surface area contributed by atoms with E-state index < -0.39 is 9.05 Å². The number of halogens is 2. The van der Waals surface area contributed by atoms with Crippen LogP contribution in [0.25, 0.3) is 0 Å². The summed E-state index contributed by atoms with van der Waals surface area (Å²) in [6.45, 7) is 0. The largest absolute Gasteiger partial charge is 0.232 e. The third-order valence-corrected chi connectivity index (χ3v) is 4.26. The van der Waals surface area contributed by atoms with E-state index in [1.807, 2.05) is 12.1 Å². The summed E-state index contributed by atoms with van der Waals surface area (Å²) >= 11 is 6.00. The smallest absolute Gasteiger partial charge is 0.212 e. The van der Waals surface area contributed by atoms with Gasteiger partial charge in [0.15, 0.2) is 0 Å². The highest BCUT2D eigenvalue weighted by Gasteiger charge is 2.17. The Morgan fingerprint density at radius 3 is 2.69 bits per heavy atom. The van der Waals surface area contributed by atoms with Crippen LogP contribution in [0, 0.1) is 0 Å². The molecule has 0 radical (unpaired) electrons. The number of rotatable bonds is 3. The van der Waals surface area contributed by atoms with Gasteiger partial charge in [-0.25, -0.2) is 8.42 Å². The Morgan fingerprint density at radius 2 is 2.00 bits per heavy atom. The molecule has 0 saturated heterocycles. The second-order valence-corrected chi connectivity index (χ2v) is 7.38. The lowest BCUT2D eigenvalue weighted by molar-refractivity contribution is 0.608. The van der Waals surface area contributed by atoms with Crippen LogP contribution in [-0.4, -0.2) is 14.2 Å². The van der Waals surface area contributed by atoms with Crippen LogP contribution in [-0.2, 0) is 28.3 Å². The molecule has 0 amide bonds. The van der Waals surface area contributed by atoms with Crippen molar-refractivity contribution in [1.82, 2.24) is 0 Å². The SMILES string of the molecule is O=S(=O)(Cl)CCc1cc(Cl)cc2c1CCC2. The molecule has 0 unspecified atom stereocenters. The molecule has 1 aromatic rings. The molecule has 5 heteroatoms. The van der Waals surface area contributed by atoms with Gasteiger partial charge in [0, 0.05) is 15.7 Å². The van der Waals surface area contributed by atoms with Crippen molar-refractivity contribution >= 4 is 31.3 Å². The normalized spacial score (nSPS) is 15.1. The van der Waals surface area contributed by atoms with Crippen molar-refractivity contribution in [3.05, 3.63) is 33.8 Å². The molecule has 1 aliphatic carbocycles. The van der Waals surface area contributed by atoms with E-state index in [0.29, 0.717) is 11.4 Å². The molecule has 1 aromatic carbocycles. The van der Waals surface area contributed by atoms with Crippen LogP contribution in [0.15, 0.2) is 12.1 Å². The molecular formula is C11H12Cl2O2S. The van der Waals surface area contributed by atoms with E-state index in [4.69, 9.17) is 22.3 Å². The van der Waals surface area contributed by atoms with E-state index in [1.165, 1.54) is 11.1 Å². The van der Waals surface area contributed by atoms with Crippen molar-refractivity contribution < 1.29 is 8.42 Å². The highest BCUT2D eigenvalue weighted by atomic mass is 35.7. The minimum absolute atomic E-state index is 0.0265. The number of aryl methyl sites for hydroxylation is 2. The van der Waals surface area contributed by atoms with E-state index in [-0.39, 0.29) is 5.75 Å². The Morgan fingerprint density at radius 1 is 1.25 bits per heavy atom. The molecule has 88 valence electrons. The Balaban J connectivity index is 2.27. The standard InChI is InChI=1S/C11H12Cl2O2S/c12-10-6-8-2-1-3-11(8)9(7-10)4-5-16(13,14)15/h6-7H,1-5H2. The minimum Gasteiger partial charge on any atom is -0.212 e. The molecule has 0 atom stereocenters. The molecule has 2 nitrogen and oxygen atoms in total. The van der Waals surface area contributed by atoms with Crippen LogP contribution in [0.2, 0.25) is 5.02 Å². The first kappa shape index (κ1) is 12.2. The van der Waals surface area contributed by atoms with E-state index in [2.05, 4.69) is 0 Å². The van der Waals surface area contributed by atoms with Crippen LogP contribution < -0.4 is 0 Å². The molecule has 0 fully saturated rings. The number of hydrogen-bond acceptors (Lipinski definition) is 2. The van der Waals surface area contributed by atoms with Gasteiger partial charge in [0.1, 0.15) is 0 Å². The summed E-state index contributed by atoms with van der Waals surface area (Å²) in [6.07, 6.45) is 3.63. The van der Waals surface area contributed by atoms with E-state index in [0.717, 1.165) is 24.8 Å². The Bertz CT molecular complexity index is 509. The van der Waals surface area contributed by atoms with Crippen LogP contribution >= 0.6 is 22.3 Å². The lowest BCUT2D eigenvalue weighted by Crippen LogP contribution is -2.03. The molecule has 0 N–H and O–H groups in total. The first-order valence-electron chi connectivity index (χ1n) is 5.18. The van der Waals surface area contributed by atoms with Crippen LogP contribution in [0.1, 0.15) is 23.1 Å². The number of hydrogen-bond donors (Lipinski definition) is 0. The van der Waals surface area contributed by atoms with Gasteiger partial charge in [-0.15, -0.1) is 0 Å². The second kappa shape index (κ2) is 4.55. The molecule has 0 aliphatic heterocycles. The van der Waals surface area contributed by atoms with Crippen molar-refractivity contribution in [2.45, 2.75) is 25.7 Å². The Hall–Kier alpha value is -0.250. The van der Waals surface area contributed by atoms with Crippen LogP contribution in [0.4, 0.5) is 0 Å². The summed E-state index contributed by atoms with van der Waals surface area (Å²) < 4.78 is 21.8. The third kappa shape index (κ3) is 2.90. The predicted molar refractivity (Wildman–Crippen MR) is 66.8 cm³/mol. The fraction of sp³-hybridized carbons (Fsp3) is 0.455. The number of benzene rings is 1. The second-order valence-electron chi connectivity index (χ2n) is 4.05. The van der Waals surface area contributed by atoms with Crippen molar-refractivity contribution in [2.24, 2.45) is 0 Å². The molecule has 1 aliphatic rings. The summed E-state index contributed by atoms with van der Waals surface area (Å²) in [6, 6.07) is 3.83. The van der Waals surface area contributed by atoms with Gasteiger partial charge in [-0.2, -0.15) is 0 Å². The maximum atomic E-state index is 10.9. The maximum Gasteiger partial charge on any atom is 0.232 e.